The van der Waals surface area contributed by atoms with Crippen LogP contribution >= 0.6 is 0 Å². The van der Waals surface area contributed by atoms with Crippen LogP contribution in [0, 0.1) is 5.92 Å². The van der Waals surface area contributed by atoms with Gasteiger partial charge in [-0.1, -0.05) is 20.8 Å². The third kappa shape index (κ3) is 5.93. The average Bonchev–Trinajstić information content (AvgIpc) is 2.17. The Morgan fingerprint density at radius 2 is 1.87 bits per heavy atom. The van der Waals surface area contributed by atoms with E-state index < -0.39 is 12.4 Å². The molecule has 15 heavy (non-hydrogen) atoms. The molecule has 1 atom stereocenters. The van der Waals surface area contributed by atoms with Crippen LogP contribution in [0.5, 0.6) is 0 Å². The molecule has 0 aliphatic rings. The van der Waals surface area contributed by atoms with Crippen molar-refractivity contribution in [1.82, 2.24) is 5.32 Å². The van der Waals surface area contributed by atoms with Crippen LogP contribution in [-0.4, -0.2) is 25.4 Å². The fraction of sp³-hybridized carbons (Fsp3) is 0.800. The van der Waals surface area contributed by atoms with Gasteiger partial charge in [0.05, 0.1) is 5.92 Å². The van der Waals surface area contributed by atoms with Crippen molar-refractivity contribution < 1.29 is 19.1 Å². The number of hydrogen-bond acceptors (Lipinski definition) is 4. The summed E-state index contributed by atoms with van der Waals surface area (Å²) in [6.45, 7) is 5.37. The maximum Gasteiger partial charge on any atom is 0.409 e. The molecule has 0 aromatic rings. The summed E-state index contributed by atoms with van der Waals surface area (Å²) in [4.78, 5) is 22.2. The van der Waals surface area contributed by atoms with Gasteiger partial charge in [-0.15, -0.1) is 0 Å². The Labute approximate surface area is 90.1 Å². The zero-order chi connectivity index (χ0) is 11.8. The molecule has 5 nitrogen and oxygen atoms in total. The Bertz CT molecular complexity index is 215. The number of ether oxygens (including phenoxy) is 2. The minimum absolute atomic E-state index is 0.224. The highest BCUT2D eigenvalue weighted by atomic mass is 16.7. The van der Waals surface area contributed by atoms with E-state index in [0.717, 1.165) is 6.42 Å². The lowest BCUT2D eigenvalue weighted by molar-refractivity contribution is -0.172. The minimum Gasteiger partial charge on any atom is -0.425 e. The molecule has 0 saturated heterocycles. The van der Waals surface area contributed by atoms with Gasteiger partial charge in [-0.3, -0.25) is 4.79 Å². The summed E-state index contributed by atoms with van der Waals surface area (Å²) < 4.78 is 9.87. The molecular weight excluding hydrogens is 198 g/mol. The van der Waals surface area contributed by atoms with Crippen molar-refractivity contribution in [2.45, 2.75) is 39.9 Å². The first-order valence-corrected chi connectivity index (χ1v) is 5.10. The molecule has 0 aromatic carbocycles. The third-order valence-corrected chi connectivity index (χ3v) is 1.69. The first kappa shape index (κ1) is 13.7. The zero-order valence-electron chi connectivity index (χ0n) is 9.70. The summed E-state index contributed by atoms with van der Waals surface area (Å²) in [7, 11) is 1.45. The van der Waals surface area contributed by atoms with Crippen LogP contribution in [0.4, 0.5) is 4.79 Å². The lowest BCUT2D eigenvalue weighted by Crippen LogP contribution is -2.30. The number of nitrogens with one attached hydrogen (secondary N) is 1. The Morgan fingerprint density at radius 1 is 1.27 bits per heavy atom. The number of alkyl carbamates (subject to hydrolysis) is 1. The standard InChI is InChI=1S/C10H19NO4/c1-5-6-8(15-10(13)11-4)14-9(12)7(2)3/h7-8H,5-6H2,1-4H3,(H,11,13). The normalized spacial score (nSPS) is 12.1. The molecule has 0 aliphatic carbocycles. The fourth-order valence-electron chi connectivity index (χ4n) is 0.822. The monoisotopic (exact) mass is 217 g/mol. The average molecular weight is 217 g/mol. The second kappa shape index (κ2) is 7.09. The van der Waals surface area contributed by atoms with E-state index in [2.05, 4.69) is 5.32 Å². The van der Waals surface area contributed by atoms with E-state index in [-0.39, 0.29) is 11.9 Å². The molecular formula is C10H19NO4. The first-order valence-electron chi connectivity index (χ1n) is 5.10. The minimum atomic E-state index is -0.787. The van der Waals surface area contributed by atoms with Gasteiger partial charge in [-0.05, 0) is 6.42 Å². The molecule has 1 amide bonds. The molecule has 0 rings (SSSR count). The van der Waals surface area contributed by atoms with E-state index in [9.17, 15) is 9.59 Å². The topological polar surface area (TPSA) is 64.6 Å². The van der Waals surface area contributed by atoms with Crippen LogP contribution in [0.1, 0.15) is 33.6 Å². The van der Waals surface area contributed by atoms with E-state index in [1.165, 1.54) is 7.05 Å². The highest BCUT2D eigenvalue weighted by Gasteiger charge is 2.19. The zero-order valence-corrected chi connectivity index (χ0v) is 9.70. The van der Waals surface area contributed by atoms with Crippen LogP contribution < -0.4 is 5.32 Å². The van der Waals surface area contributed by atoms with E-state index in [1.54, 1.807) is 13.8 Å². The smallest absolute Gasteiger partial charge is 0.409 e. The van der Waals surface area contributed by atoms with E-state index in [0.29, 0.717) is 6.42 Å². The summed E-state index contributed by atoms with van der Waals surface area (Å²) in [6.07, 6.45) is -0.103. The second-order valence-electron chi connectivity index (χ2n) is 3.47. The van der Waals surface area contributed by atoms with Gasteiger partial charge in [0.15, 0.2) is 0 Å². The Morgan fingerprint density at radius 3 is 2.27 bits per heavy atom. The van der Waals surface area contributed by atoms with Gasteiger partial charge in [0.25, 0.3) is 0 Å². The van der Waals surface area contributed by atoms with Crippen LogP contribution in [-0.2, 0) is 14.3 Å². The van der Waals surface area contributed by atoms with Gasteiger partial charge in [0.1, 0.15) is 0 Å². The van der Waals surface area contributed by atoms with Crippen molar-refractivity contribution in [3.8, 4) is 0 Å². The van der Waals surface area contributed by atoms with Gasteiger partial charge in [0.2, 0.25) is 6.29 Å². The van der Waals surface area contributed by atoms with Crippen molar-refractivity contribution >= 4 is 12.1 Å². The van der Waals surface area contributed by atoms with Crippen LogP contribution in [0.15, 0.2) is 0 Å². The van der Waals surface area contributed by atoms with Crippen molar-refractivity contribution in [3.05, 3.63) is 0 Å². The highest BCUT2D eigenvalue weighted by molar-refractivity contribution is 5.72. The van der Waals surface area contributed by atoms with Gasteiger partial charge in [0, 0.05) is 13.5 Å². The van der Waals surface area contributed by atoms with Crippen LogP contribution in [0.3, 0.4) is 0 Å². The van der Waals surface area contributed by atoms with Crippen LogP contribution in [0.25, 0.3) is 0 Å². The third-order valence-electron chi connectivity index (χ3n) is 1.69. The maximum absolute atomic E-state index is 11.3. The second-order valence-corrected chi connectivity index (χ2v) is 3.47. The molecule has 0 aromatic heterocycles. The quantitative estimate of drug-likeness (QED) is 0.562. The molecule has 0 heterocycles. The molecule has 88 valence electrons. The van der Waals surface area contributed by atoms with E-state index in [1.807, 2.05) is 6.92 Å². The highest BCUT2D eigenvalue weighted by Crippen LogP contribution is 2.08. The van der Waals surface area contributed by atoms with E-state index >= 15 is 0 Å². The number of carbonyl (C=O) groups is 2. The molecule has 0 radical (unpaired) electrons. The van der Waals surface area contributed by atoms with Gasteiger partial charge < -0.3 is 14.8 Å². The van der Waals surface area contributed by atoms with Crippen molar-refractivity contribution in [2.24, 2.45) is 5.92 Å². The molecule has 1 N–H and O–H groups in total. The molecule has 5 heteroatoms. The SMILES string of the molecule is CCCC(OC(=O)NC)OC(=O)C(C)C. The molecule has 0 bridgehead atoms. The van der Waals surface area contributed by atoms with Crippen LogP contribution in [0.2, 0.25) is 0 Å². The number of amides is 1. The summed E-state index contributed by atoms with van der Waals surface area (Å²) in [5, 5.41) is 2.30. The summed E-state index contributed by atoms with van der Waals surface area (Å²) in [5.74, 6) is -0.588. The van der Waals surface area contributed by atoms with Gasteiger partial charge in [-0.25, -0.2) is 4.79 Å². The maximum atomic E-state index is 11.3. The summed E-state index contributed by atoms with van der Waals surface area (Å²) >= 11 is 0. The number of rotatable bonds is 5. The van der Waals surface area contributed by atoms with E-state index in [4.69, 9.17) is 9.47 Å². The largest absolute Gasteiger partial charge is 0.425 e. The summed E-state index contributed by atoms with van der Waals surface area (Å²) in [6, 6.07) is 0. The summed E-state index contributed by atoms with van der Waals surface area (Å²) in [5.41, 5.74) is 0. The van der Waals surface area contributed by atoms with Crippen molar-refractivity contribution in [2.75, 3.05) is 7.05 Å². The fourth-order valence-corrected chi connectivity index (χ4v) is 0.822. The molecule has 0 spiro atoms. The lowest BCUT2D eigenvalue weighted by Gasteiger charge is -2.18. The van der Waals surface area contributed by atoms with Crippen molar-refractivity contribution in [1.29, 1.82) is 0 Å². The predicted octanol–water partition coefficient (Wildman–Crippen LogP) is 1.67. The van der Waals surface area contributed by atoms with Gasteiger partial charge in [-0.2, -0.15) is 0 Å². The first-order chi connectivity index (χ1) is 7.01. The Kier molecular flexibility index (Phi) is 6.49. The Hall–Kier alpha value is -1.26. The number of hydrogen-bond donors (Lipinski definition) is 1. The molecule has 0 aliphatic heterocycles. The number of carbonyl (C=O) groups excluding carboxylic acids is 2. The lowest BCUT2D eigenvalue weighted by atomic mass is 10.2. The van der Waals surface area contributed by atoms with Gasteiger partial charge >= 0.3 is 12.1 Å². The number of esters is 1. The van der Waals surface area contributed by atoms with Crippen molar-refractivity contribution in [3.63, 3.8) is 0 Å². The molecule has 1 unspecified atom stereocenters. The predicted molar refractivity (Wildman–Crippen MR) is 55.2 cm³/mol. The molecule has 0 fully saturated rings. The Balaban J connectivity index is 4.14. The molecule has 0 saturated carbocycles.